The molecule has 2 aliphatic heterocycles. The molecule has 4 aromatic rings. The third-order valence-electron chi connectivity index (χ3n) is 9.13. The summed E-state index contributed by atoms with van der Waals surface area (Å²) in [5.74, 6) is 0.0932. The number of ether oxygens (including phenoxy) is 2. The van der Waals surface area contributed by atoms with Gasteiger partial charge < -0.3 is 15.2 Å². The van der Waals surface area contributed by atoms with Crippen LogP contribution in [0.5, 0.6) is 11.6 Å². The van der Waals surface area contributed by atoms with Gasteiger partial charge in [0.1, 0.15) is 18.2 Å². The maximum absolute atomic E-state index is 15.7. The Hall–Kier alpha value is -3.99. The molecule has 11 heteroatoms. The smallest absolute Gasteiger partial charge is 0.329 e. The summed E-state index contributed by atoms with van der Waals surface area (Å²) < 4.78 is 31.4. The predicted octanol–water partition coefficient (Wildman–Crippen LogP) is 3.47. The largest absolute Gasteiger partial charge is 0.490 e. The van der Waals surface area contributed by atoms with Crippen LogP contribution in [0.15, 0.2) is 35.4 Å². The number of benzene rings is 1. The van der Waals surface area contributed by atoms with Crippen LogP contribution in [-0.4, -0.2) is 62.3 Å². The molecule has 3 aromatic heterocycles. The second kappa shape index (κ2) is 9.83. The van der Waals surface area contributed by atoms with E-state index in [1.54, 1.807) is 36.1 Å². The maximum Gasteiger partial charge on any atom is 0.329 e. The maximum atomic E-state index is 15.7. The van der Waals surface area contributed by atoms with Gasteiger partial charge >= 0.3 is 5.69 Å². The van der Waals surface area contributed by atoms with Crippen LogP contribution < -0.4 is 20.9 Å². The van der Waals surface area contributed by atoms with Crippen molar-refractivity contribution < 1.29 is 18.7 Å². The molecule has 1 saturated heterocycles. The number of piperidine rings is 1. The molecule has 214 valence electrons. The first kappa shape index (κ1) is 25.9. The molecular weight excluding hydrogens is 527 g/mol. The van der Waals surface area contributed by atoms with Crippen LogP contribution in [0, 0.1) is 5.82 Å². The van der Waals surface area contributed by atoms with Gasteiger partial charge in [0, 0.05) is 37.5 Å². The fraction of sp³-hybridized carbons (Fsp3) is 0.467. The molecule has 5 heterocycles. The van der Waals surface area contributed by atoms with E-state index in [4.69, 9.17) is 15.2 Å². The molecule has 2 N–H and O–H groups in total. The van der Waals surface area contributed by atoms with Crippen molar-refractivity contribution >= 4 is 27.8 Å². The van der Waals surface area contributed by atoms with Gasteiger partial charge in [-0.25, -0.2) is 14.2 Å². The van der Waals surface area contributed by atoms with Crippen LogP contribution in [-0.2, 0) is 17.4 Å². The zero-order chi connectivity index (χ0) is 28.3. The van der Waals surface area contributed by atoms with Gasteiger partial charge in [0.2, 0.25) is 11.8 Å². The summed E-state index contributed by atoms with van der Waals surface area (Å²) in [5.41, 5.74) is 7.76. The van der Waals surface area contributed by atoms with Crippen LogP contribution in [0.25, 0.3) is 33.1 Å². The second-order valence-electron chi connectivity index (χ2n) is 11.5. The zero-order valence-electron chi connectivity index (χ0n) is 23.1. The Labute approximate surface area is 235 Å². The van der Waals surface area contributed by atoms with Gasteiger partial charge in [0.15, 0.2) is 0 Å². The highest BCUT2D eigenvalue weighted by Crippen LogP contribution is 2.48. The summed E-state index contributed by atoms with van der Waals surface area (Å²) in [7, 11) is 1.75. The van der Waals surface area contributed by atoms with E-state index in [0.717, 1.165) is 63.6 Å². The second-order valence-corrected chi connectivity index (χ2v) is 11.5. The number of likely N-dealkylation sites (tertiary alicyclic amines) is 1. The van der Waals surface area contributed by atoms with Crippen molar-refractivity contribution in [2.45, 2.75) is 56.5 Å². The monoisotopic (exact) mass is 560 g/mol. The zero-order valence-corrected chi connectivity index (χ0v) is 23.1. The standard InChI is InChI=1S/C30H33FN6O4/c1-35-22-16-33-20-14-19(31)24(27-25(20)26(22)37(29(35)39)30(17-41-27)9-4-10-30)18-7-8-23(34-15-18)40-13-5-12-36-11-3-2-6-21(36)28(32)38/h7-8,14-16,21H,2-6,9-13,17H2,1H3,(H2,32,38). The molecule has 41 heavy (non-hydrogen) atoms. The number of halogens is 1. The minimum absolute atomic E-state index is 0.107. The van der Waals surface area contributed by atoms with Crippen molar-refractivity contribution in [2.75, 3.05) is 26.3 Å². The van der Waals surface area contributed by atoms with Gasteiger partial charge in [-0.1, -0.05) is 6.42 Å². The van der Waals surface area contributed by atoms with Crippen LogP contribution in [0.3, 0.4) is 0 Å². The number of aryl methyl sites for hydroxylation is 1. The van der Waals surface area contributed by atoms with E-state index in [1.165, 1.54) is 6.07 Å². The number of carbonyl (C=O) groups excluding carboxylic acids is 1. The summed E-state index contributed by atoms with van der Waals surface area (Å²) in [6.45, 7) is 2.31. The van der Waals surface area contributed by atoms with Crippen molar-refractivity contribution in [1.29, 1.82) is 0 Å². The number of nitrogens with zero attached hydrogens (tertiary/aromatic N) is 5. The highest BCUT2D eigenvalue weighted by molar-refractivity contribution is 6.09. The Morgan fingerprint density at radius 1 is 1.22 bits per heavy atom. The molecule has 0 bridgehead atoms. The molecule has 1 atom stereocenters. The fourth-order valence-electron chi connectivity index (χ4n) is 6.80. The van der Waals surface area contributed by atoms with E-state index in [1.807, 2.05) is 4.57 Å². The van der Waals surface area contributed by atoms with E-state index in [-0.39, 0.29) is 24.2 Å². The average molecular weight is 561 g/mol. The number of imidazole rings is 1. The van der Waals surface area contributed by atoms with Crippen molar-refractivity contribution in [3.8, 4) is 22.8 Å². The lowest BCUT2D eigenvalue weighted by Gasteiger charge is -2.41. The van der Waals surface area contributed by atoms with Crippen molar-refractivity contribution in [1.82, 2.24) is 24.0 Å². The summed E-state index contributed by atoms with van der Waals surface area (Å²) in [6, 6.07) is 4.70. The van der Waals surface area contributed by atoms with Crippen molar-refractivity contribution in [2.24, 2.45) is 12.8 Å². The first-order chi connectivity index (χ1) is 19.9. The minimum atomic E-state index is -0.463. The van der Waals surface area contributed by atoms with Crippen LogP contribution in [0.1, 0.15) is 44.9 Å². The Morgan fingerprint density at radius 2 is 2.07 bits per heavy atom. The molecule has 1 aromatic carbocycles. The van der Waals surface area contributed by atoms with Crippen molar-refractivity contribution in [3.05, 3.63) is 46.9 Å². The summed E-state index contributed by atoms with van der Waals surface area (Å²) >= 11 is 0. The molecule has 0 radical (unpaired) electrons. The average Bonchev–Trinajstić information content (AvgIpc) is 3.10. The van der Waals surface area contributed by atoms with Crippen LogP contribution in [0.4, 0.5) is 4.39 Å². The molecule has 1 unspecified atom stereocenters. The van der Waals surface area contributed by atoms with Gasteiger partial charge in [0.25, 0.3) is 0 Å². The molecular formula is C30H33FN6O4. The normalized spacial score (nSPS) is 19.8. The van der Waals surface area contributed by atoms with Gasteiger partial charge in [-0.2, -0.15) is 0 Å². The van der Waals surface area contributed by atoms with E-state index in [2.05, 4.69) is 14.9 Å². The minimum Gasteiger partial charge on any atom is -0.490 e. The lowest BCUT2D eigenvalue weighted by molar-refractivity contribution is -0.124. The molecule has 7 rings (SSSR count). The van der Waals surface area contributed by atoms with Gasteiger partial charge in [-0.15, -0.1) is 0 Å². The lowest BCUT2D eigenvalue weighted by Crippen LogP contribution is -2.50. The van der Waals surface area contributed by atoms with Gasteiger partial charge in [0.05, 0.1) is 51.9 Å². The SMILES string of the molecule is Cn1c(=O)n2c3c4c(c(-c5ccc(OCCCN6CCCCC6C(N)=O)nc5)c(F)cc4ncc31)OCC21CCC1. The molecule has 3 aliphatic rings. The van der Waals surface area contributed by atoms with E-state index >= 15 is 4.39 Å². The number of nitrogens with two attached hydrogens (primary N) is 1. The van der Waals surface area contributed by atoms with Gasteiger partial charge in [-0.05, 0) is 51.1 Å². The number of primary amides is 1. The Balaban J connectivity index is 1.17. The van der Waals surface area contributed by atoms with E-state index in [9.17, 15) is 9.59 Å². The molecule has 2 fully saturated rings. The summed E-state index contributed by atoms with van der Waals surface area (Å²) in [5, 5.41) is 0.646. The Morgan fingerprint density at radius 3 is 2.80 bits per heavy atom. The predicted molar refractivity (Wildman–Crippen MR) is 152 cm³/mol. The van der Waals surface area contributed by atoms with Crippen LogP contribution in [0.2, 0.25) is 0 Å². The molecule has 10 nitrogen and oxygen atoms in total. The first-order valence-corrected chi connectivity index (χ1v) is 14.4. The fourth-order valence-corrected chi connectivity index (χ4v) is 6.80. The number of fused-ring (bicyclic) bond motifs is 1. The molecule has 1 spiro atoms. The van der Waals surface area contributed by atoms with E-state index in [0.29, 0.717) is 45.8 Å². The Bertz CT molecular complexity index is 1730. The number of aromatic nitrogens is 4. The molecule has 1 saturated carbocycles. The number of hydrogen-bond acceptors (Lipinski definition) is 7. The highest BCUT2D eigenvalue weighted by atomic mass is 19.1. The lowest BCUT2D eigenvalue weighted by atomic mass is 9.77. The third kappa shape index (κ3) is 4.08. The Kier molecular flexibility index (Phi) is 6.22. The van der Waals surface area contributed by atoms with Gasteiger partial charge in [-0.3, -0.25) is 23.8 Å². The molecule has 1 amide bonds. The molecule has 1 aliphatic carbocycles. The number of carbonyl (C=O) groups is 1. The topological polar surface area (TPSA) is 118 Å². The number of pyridine rings is 2. The third-order valence-corrected chi connectivity index (χ3v) is 9.13. The number of rotatable bonds is 7. The van der Waals surface area contributed by atoms with Crippen LogP contribution >= 0.6 is 0 Å². The summed E-state index contributed by atoms with van der Waals surface area (Å²) in [6.07, 6.45) is 9.52. The quantitative estimate of drug-likeness (QED) is 0.344. The summed E-state index contributed by atoms with van der Waals surface area (Å²) in [4.78, 5) is 36.2. The number of hydrogen-bond donors (Lipinski definition) is 1. The highest BCUT2D eigenvalue weighted by Gasteiger charge is 2.45. The first-order valence-electron chi connectivity index (χ1n) is 14.4. The van der Waals surface area contributed by atoms with Crippen molar-refractivity contribution in [3.63, 3.8) is 0 Å². The van der Waals surface area contributed by atoms with E-state index < -0.39 is 11.4 Å². The number of amides is 1.